The summed E-state index contributed by atoms with van der Waals surface area (Å²) < 4.78 is 7.31. The summed E-state index contributed by atoms with van der Waals surface area (Å²) in [6, 6.07) is 16.0. The van der Waals surface area contributed by atoms with Crippen LogP contribution in [0.3, 0.4) is 0 Å². The third-order valence-electron chi connectivity index (χ3n) is 5.31. The van der Waals surface area contributed by atoms with Crippen LogP contribution < -0.4 is 4.74 Å². The van der Waals surface area contributed by atoms with Crippen LogP contribution in [0.15, 0.2) is 53.7 Å². The maximum Gasteiger partial charge on any atom is 0.233 e. The zero-order valence-corrected chi connectivity index (χ0v) is 18.2. The minimum atomic E-state index is 0.167. The number of benzene rings is 2. The van der Waals surface area contributed by atoms with Gasteiger partial charge < -0.3 is 9.64 Å². The lowest BCUT2D eigenvalue weighted by Gasteiger charge is -2.26. The fraction of sp³-hybridized carbons (Fsp3) is 0.348. The van der Waals surface area contributed by atoms with Crippen LogP contribution in [0.4, 0.5) is 0 Å². The van der Waals surface area contributed by atoms with Gasteiger partial charge in [-0.25, -0.2) is 0 Å². The number of nitrogens with zero attached hydrogens (tertiary/aromatic N) is 4. The molecule has 0 spiro atoms. The molecule has 1 fully saturated rings. The maximum atomic E-state index is 12.6. The van der Waals surface area contributed by atoms with Gasteiger partial charge in [-0.05, 0) is 50.5 Å². The van der Waals surface area contributed by atoms with Crippen molar-refractivity contribution >= 4 is 17.7 Å². The summed E-state index contributed by atoms with van der Waals surface area (Å²) in [5.41, 5.74) is 3.11. The van der Waals surface area contributed by atoms with E-state index in [4.69, 9.17) is 4.74 Å². The van der Waals surface area contributed by atoms with E-state index in [1.807, 2.05) is 45.9 Å². The largest absolute Gasteiger partial charge is 0.497 e. The van der Waals surface area contributed by atoms with Gasteiger partial charge in [0.05, 0.1) is 12.9 Å². The number of piperidine rings is 1. The molecule has 0 unspecified atom stereocenters. The molecule has 2 heterocycles. The van der Waals surface area contributed by atoms with Crippen LogP contribution in [-0.4, -0.2) is 51.5 Å². The quantitative estimate of drug-likeness (QED) is 0.553. The highest BCUT2D eigenvalue weighted by Crippen LogP contribution is 2.29. The van der Waals surface area contributed by atoms with E-state index in [0.717, 1.165) is 48.8 Å². The lowest BCUT2D eigenvalue weighted by Crippen LogP contribution is -2.36. The number of hydrogen-bond donors (Lipinski definition) is 0. The fourth-order valence-electron chi connectivity index (χ4n) is 3.58. The Kier molecular flexibility index (Phi) is 6.38. The highest BCUT2D eigenvalue weighted by Gasteiger charge is 2.20. The number of ether oxygens (including phenoxy) is 1. The molecule has 6 nitrogen and oxygen atoms in total. The summed E-state index contributed by atoms with van der Waals surface area (Å²) in [7, 11) is 1.65. The summed E-state index contributed by atoms with van der Waals surface area (Å²) in [5.74, 6) is 2.08. The minimum Gasteiger partial charge on any atom is -0.497 e. The van der Waals surface area contributed by atoms with Gasteiger partial charge in [0.15, 0.2) is 11.0 Å². The molecule has 30 heavy (non-hydrogen) atoms. The summed E-state index contributed by atoms with van der Waals surface area (Å²) in [4.78, 5) is 14.6. The van der Waals surface area contributed by atoms with Crippen molar-refractivity contribution in [2.45, 2.75) is 31.3 Å². The average Bonchev–Trinajstić information content (AvgIpc) is 3.22. The minimum absolute atomic E-state index is 0.167. The van der Waals surface area contributed by atoms with Crippen LogP contribution in [0.1, 0.15) is 24.8 Å². The van der Waals surface area contributed by atoms with Crippen molar-refractivity contribution in [1.29, 1.82) is 0 Å². The first-order valence-corrected chi connectivity index (χ1v) is 11.2. The van der Waals surface area contributed by atoms with E-state index < -0.39 is 0 Å². The first kappa shape index (κ1) is 20.5. The van der Waals surface area contributed by atoms with Gasteiger partial charge >= 0.3 is 0 Å². The number of thioether (sulfide) groups is 1. The van der Waals surface area contributed by atoms with Crippen LogP contribution in [0.2, 0.25) is 0 Å². The Morgan fingerprint density at radius 1 is 1.00 bits per heavy atom. The summed E-state index contributed by atoms with van der Waals surface area (Å²) in [6.07, 6.45) is 3.40. The molecule has 0 atom stereocenters. The van der Waals surface area contributed by atoms with Crippen molar-refractivity contribution in [2.75, 3.05) is 26.0 Å². The first-order valence-electron chi connectivity index (χ1n) is 10.2. The smallest absolute Gasteiger partial charge is 0.233 e. The highest BCUT2D eigenvalue weighted by molar-refractivity contribution is 7.99. The molecule has 0 radical (unpaired) electrons. The Morgan fingerprint density at radius 3 is 2.37 bits per heavy atom. The maximum absolute atomic E-state index is 12.6. The number of rotatable bonds is 6. The van der Waals surface area contributed by atoms with Crippen LogP contribution in [0.25, 0.3) is 17.1 Å². The van der Waals surface area contributed by atoms with E-state index in [-0.39, 0.29) is 5.91 Å². The Labute approximate surface area is 181 Å². The molecule has 7 heteroatoms. The van der Waals surface area contributed by atoms with E-state index >= 15 is 0 Å². The van der Waals surface area contributed by atoms with Gasteiger partial charge in [0.1, 0.15) is 5.75 Å². The fourth-order valence-corrected chi connectivity index (χ4v) is 4.43. The number of carbonyl (C=O) groups is 1. The number of carbonyl (C=O) groups excluding carboxylic acids is 1. The number of aromatic nitrogens is 3. The first-order chi connectivity index (χ1) is 14.7. The van der Waals surface area contributed by atoms with Crippen LogP contribution >= 0.6 is 11.8 Å². The standard InChI is InChI=1S/C23H26N4O2S/c1-17-6-8-18(9-7-17)22-24-25-23(27(22)19-10-12-20(29-2)13-11-19)30-16-21(28)26-14-4-3-5-15-26/h6-13H,3-5,14-16H2,1-2H3. The number of aryl methyl sites for hydroxylation is 1. The zero-order chi connectivity index (χ0) is 20.9. The zero-order valence-electron chi connectivity index (χ0n) is 17.4. The van der Waals surface area contributed by atoms with E-state index in [9.17, 15) is 4.79 Å². The molecule has 1 saturated heterocycles. The molecule has 1 aliphatic rings. The van der Waals surface area contributed by atoms with E-state index in [1.165, 1.54) is 23.7 Å². The van der Waals surface area contributed by atoms with E-state index in [0.29, 0.717) is 10.9 Å². The molecule has 3 aromatic rings. The number of likely N-dealkylation sites (tertiary alicyclic amines) is 1. The second kappa shape index (κ2) is 9.34. The van der Waals surface area contributed by atoms with E-state index in [1.54, 1.807) is 7.11 Å². The van der Waals surface area contributed by atoms with Gasteiger partial charge in [-0.2, -0.15) is 0 Å². The molecule has 0 bridgehead atoms. The van der Waals surface area contributed by atoms with Crippen molar-refractivity contribution in [3.63, 3.8) is 0 Å². The van der Waals surface area contributed by atoms with Crippen molar-refractivity contribution < 1.29 is 9.53 Å². The Balaban J connectivity index is 1.63. The van der Waals surface area contributed by atoms with Gasteiger partial charge in [-0.1, -0.05) is 41.6 Å². The van der Waals surface area contributed by atoms with Crippen molar-refractivity contribution in [1.82, 2.24) is 19.7 Å². The second-order valence-corrected chi connectivity index (χ2v) is 8.38. The van der Waals surface area contributed by atoms with Gasteiger partial charge in [0.2, 0.25) is 5.91 Å². The van der Waals surface area contributed by atoms with Gasteiger partial charge in [-0.3, -0.25) is 9.36 Å². The average molecular weight is 423 g/mol. The lowest BCUT2D eigenvalue weighted by atomic mass is 10.1. The normalized spacial score (nSPS) is 14.0. The molecule has 1 aliphatic heterocycles. The molecule has 1 amide bonds. The number of methoxy groups -OCH3 is 1. The van der Waals surface area contributed by atoms with Crippen LogP contribution in [0, 0.1) is 6.92 Å². The van der Waals surface area contributed by atoms with Gasteiger partial charge in [-0.15, -0.1) is 10.2 Å². The molecule has 0 aliphatic carbocycles. The number of hydrogen-bond acceptors (Lipinski definition) is 5. The lowest BCUT2D eigenvalue weighted by molar-refractivity contribution is -0.129. The topological polar surface area (TPSA) is 60.2 Å². The molecule has 0 saturated carbocycles. The second-order valence-electron chi connectivity index (χ2n) is 7.44. The molecule has 4 rings (SSSR count). The monoisotopic (exact) mass is 422 g/mol. The summed E-state index contributed by atoms with van der Waals surface area (Å²) in [6.45, 7) is 3.78. The Morgan fingerprint density at radius 2 is 1.70 bits per heavy atom. The molecule has 156 valence electrons. The van der Waals surface area contributed by atoms with Crippen LogP contribution in [0.5, 0.6) is 5.75 Å². The van der Waals surface area contributed by atoms with Gasteiger partial charge in [0, 0.05) is 24.3 Å². The predicted molar refractivity (Wildman–Crippen MR) is 119 cm³/mol. The SMILES string of the molecule is COc1ccc(-n2c(SCC(=O)N3CCCCC3)nnc2-c2ccc(C)cc2)cc1. The molecular weight excluding hydrogens is 396 g/mol. The Hall–Kier alpha value is -2.80. The van der Waals surface area contributed by atoms with Crippen LogP contribution in [-0.2, 0) is 4.79 Å². The van der Waals surface area contributed by atoms with E-state index in [2.05, 4.69) is 29.3 Å². The molecule has 0 N–H and O–H groups in total. The molecular formula is C23H26N4O2S. The number of amides is 1. The van der Waals surface area contributed by atoms with Crippen molar-refractivity contribution in [3.8, 4) is 22.8 Å². The highest BCUT2D eigenvalue weighted by atomic mass is 32.2. The molecule has 2 aromatic carbocycles. The Bertz CT molecular complexity index is 993. The molecule has 1 aromatic heterocycles. The van der Waals surface area contributed by atoms with Gasteiger partial charge in [0.25, 0.3) is 0 Å². The summed E-state index contributed by atoms with van der Waals surface area (Å²) in [5, 5.41) is 9.60. The summed E-state index contributed by atoms with van der Waals surface area (Å²) >= 11 is 1.44. The van der Waals surface area contributed by atoms with Crippen molar-refractivity contribution in [2.24, 2.45) is 0 Å². The predicted octanol–water partition coefficient (Wildman–Crippen LogP) is 4.36. The third kappa shape index (κ3) is 4.51. The van der Waals surface area contributed by atoms with Crippen molar-refractivity contribution in [3.05, 3.63) is 54.1 Å². The third-order valence-corrected chi connectivity index (χ3v) is 6.22.